The van der Waals surface area contributed by atoms with Gasteiger partial charge in [0, 0.05) is 18.0 Å². The molecule has 2 rings (SSSR count). The third kappa shape index (κ3) is 4.75. The number of carbonyl (C=O) groups excluding carboxylic acids is 3. The average molecular weight is 381 g/mol. The number of rotatable bonds is 3. The van der Waals surface area contributed by atoms with Crippen LogP contribution in [0.4, 0.5) is 9.80 Å². The SMILES string of the molecule is Cc1sc(NC(=O)C2CCCN(C(=O)OC(C)(C)C)C2)c(C(N)=O)c1C. The summed E-state index contributed by atoms with van der Waals surface area (Å²) < 4.78 is 5.39. The fourth-order valence-electron chi connectivity index (χ4n) is 2.91. The molecule has 3 amide bonds. The summed E-state index contributed by atoms with van der Waals surface area (Å²) in [5.41, 5.74) is 6.03. The van der Waals surface area contributed by atoms with Gasteiger partial charge in [-0.05, 0) is 53.0 Å². The van der Waals surface area contributed by atoms with E-state index in [1.807, 2.05) is 34.6 Å². The lowest BCUT2D eigenvalue weighted by molar-refractivity contribution is -0.121. The molecule has 0 spiro atoms. The molecule has 2 heterocycles. The van der Waals surface area contributed by atoms with Crippen molar-refractivity contribution in [1.29, 1.82) is 0 Å². The molecule has 1 fully saturated rings. The van der Waals surface area contributed by atoms with E-state index in [0.717, 1.165) is 16.9 Å². The van der Waals surface area contributed by atoms with Crippen LogP contribution in [0.2, 0.25) is 0 Å². The summed E-state index contributed by atoms with van der Waals surface area (Å²) in [6, 6.07) is 0. The van der Waals surface area contributed by atoms with Crippen LogP contribution in [0.5, 0.6) is 0 Å². The number of likely N-dealkylation sites (tertiary alicyclic amines) is 1. The number of piperidine rings is 1. The molecule has 1 aliphatic heterocycles. The number of nitrogens with zero attached hydrogens (tertiary/aromatic N) is 1. The Hall–Kier alpha value is -2.09. The second kappa shape index (κ2) is 7.65. The highest BCUT2D eigenvalue weighted by molar-refractivity contribution is 7.16. The van der Waals surface area contributed by atoms with Gasteiger partial charge in [-0.1, -0.05) is 0 Å². The van der Waals surface area contributed by atoms with Crippen LogP contribution in [-0.4, -0.2) is 41.5 Å². The van der Waals surface area contributed by atoms with Crippen molar-refractivity contribution in [3.8, 4) is 0 Å². The van der Waals surface area contributed by atoms with Gasteiger partial charge in [0.25, 0.3) is 5.91 Å². The van der Waals surface area contributed by atoms with Crippen LogP contribution in [0.25, 0.3) is 0 Å². The third-order valence-corrected chi connectivity index (χ3v) is 5.43. The minimum atomic E-state index is -0.575. The zero-order valence-corrected chi connectivity index (χ0v) is 16.8. The maximum Gasteiger partial charge on any atom is 0.410 e. The molecule has 3 N–H and O–H groups in total. The second-order valence-electron chi connectivity index (χ2n) is 7.61. The predicted molar refractivity (Wildman–Crippen MR) is 101 cm³/mol. The van der Waals surface area contributed by atoms with E-state index in [2.05, 4.69) is 5.32 Å². The first-order chi connectivity index (χ1) is 12.0. The molecule has 0 aliphatic carbocycles. The molecule has 26 heavy (non-hydrogen) atoms. The molecular weight excluding hydrogens is 354 g/mol. The summed E-state index contributed by atoms with van der Waals surface area (Å²) in [7, 11) is 0. The van der Waals surface area contributed by atoms with Gasteiger partial charge in [0.2, 0.25) is 5.91 Å². The first-order valence-electron chi connectivity index (χ1n) is 8.68. The number of amides is 3. The molecule has 7 nitrogen and oxygen atoms in total. The number of hydrogen-bond donors (Lipinski definition) is 2. The Morgan fingerprint density at radius 3 is 2.50 bits per heavy atom. The Labute approximate surface area is 157 Å². The maximum atomic E-state index is 12.7. The Morgan fingerprint density at radius 1 is 1.27 bits per heavy atom. The molecule has 0 saturated carbocycles. The lowest BCUT2D eigenvalue weighted by Crippen LogP contribution is -2.45. The predicted octanol–water partition coefficient (Wildman–Crippen LogP) is 3.05. The number of primary amides is 1. The molecule has 1 atom stereocenters. The van der Waals surface area contributed by atoms with E-state index in [1.165, 1.54) is 11.3 Å². The molecule has 1 aliphatic rings. The fraction of sp³-hybridized carbons (Fsp3) is 0.611. The van der Waals surface area contributed by atoms with Crippen molar-refractivity contribution in [2.75, 3.05) is 18.4 Å². The van der Waals surface area contributed by atoms with Crippen LogP contribution < -0.4 is 11.1 Å². The molecule has 8 heteroatoms. The number of ether oxygens (including phenoxy) is 1. The van der Waals surface area contributed by atoms with E-state index in [4.69, 9.17) is 10.5 Å². The number of hydrogen-bond acceptors (Lipinski definition) is 5. The summed E-state index contributed by atoms with van der Waals surface area (Å²) in [6.07, 6.45) is 0.999. The van der Waals surface area contributed by atoms with Crippen LogP contribution in [0, 0.1) is 19.8 Å². The maximum absolute atomic E-state index is 12.7. The van der Waals surface area contributed by atoms with E-state index >= 15 is 0 Å². The van der Waals surface area contributed by atoms with E-state index in [1.54, 1.807) is 4.90 Å². The van der Waals surface area contributed by atoms with Gasteiger partial charge in [0.15, 0.2) is 0 Å². The van der Waals surface area contributed by atoms with Crippen LogP contribution >= 0.6 is 11.3 Å². The molecule has 0 bridgehead atoms. The average Bonchev–Trinajstić information content (AvgIpc) is 2.80. The fourth-order valence-corrected chi connectivity index (χ4v) is 3.98. The van der Waals surface area contributed by atoms with Gasteiger partial charge >= 0.3 is 6.09 Å². The van der Waals surface area contributed by atoms with Gasteiger partial charge in [-0.25, -0.2) is 4.79 Å². The zero-order chi connectivity index (χ0) is 19.6. The van der Waals surface area contributed by atoms with E-state index < -0.39 is 17.6 Å². The summed E-state index contributed by atoms with van der Waals surface area (Å²) >= 11 is 1.34. The van der Waals surface area contributed by atoms with E-state index in [0.29, 0.717) is 30.1 Å². The topological polar surface area (TPSA) is 102 Å². The Balaban J connectivity index is 2.07. The molecular formula is C18H27N3O4S. The second-order valence-corrected chi connectivity index (χ2v) is 8.83. The van der Waals surface area contributed by atoms with Crippen molar-refractivity contribution in [2.45, 2.75) is 53.1 Å². The van der Waals surface area contributed by atoms with Crippen LogP contribution in [0.3, 0.4) is 0 Å². The molecule has 1 aromatic heterocycles. The minimum Gasteiger partial charge on any atom is -0.444 e. The van der Waals surface area contributed by atoms with Gasteiger partial charge in [-0.15, -0.1) is 11.3 Å². The van der Waals surface area contributed by atoms with Crippen molar-refractivity contribution in [3.05, 3.63) is 16.0 Å². The first-order valence-corrected chi connectivity index (χ1v) is 9.50. The van der Waals surface area contributed by atoms with Crippen molar-refractivity contribution in [3.63, 3.8) is 0 Å². The van der Waals surface area contributed by atoms with Gasteiger partial charge in [0.05, 0.1) is 11.5 Å². The minimum absolute atomic E-state index is 0.206. The number of thiophene rings is 1. The highest BCUT2D eigenvalue weighted by atomic mass is 32.1. The van der Waals surface area contributed by atoms with Crippen molar-refractivity contribution < 1.29 is 19.1 Å². The van der Waals surface area contributed by atoms with Crippen molar-refractivity contribution in [2.24, 2.45) is 11.7 Å². The third-order valence-electron chi connectivity index (χ3n) is 4.31. The van der Waals surface area contributed by atoms with Crippen LogP contribution in [0.1, 0.15) is 54.4 Å². The summed E-state index contributed by atoms with van der Waals surface area (Å²) in [4.78, 5) is 39.1. The van der Waals surface area contributed by atoms with Gasteiger partial charge in [0.1, 0.15) is 10.6 Å². The van der Waals surface area contributed by atoms with Gasteiger partial charge in [-0.2, -0.15) is 0 Å². The standard InChI is InChI=1S/C18H27N3O4S/c1-10-11(2)26-16(13(10)14(19)22)20-15(23)12-7-6-8-21(9-12)17(24)25-18(3,4)5/h12H,6-9H2,1-5H3,(H2,19,22)(H,20,23). The molecule has 0 aromatic carbocycles. The highest BCUT2D eigenvalue weighted by Gasteiger charge is 2.32. The molecule has 1 saturated heterocycles. The Morgan fingerprint density at radius 2 is 1.92 bits per heavy atom. The normalized spacial score (nSPS) is 17.7. The molecule has 1 aromatic rings. The van der Waals surface area contributed by atoms with Crippen LogP contribution in [0.15, 0.2) is 0 Å². The van der Waals surface area contributed by atoms with E-state index in [9.17, 15) is 14.4 Å². The smallest absolute Gasteiger partial charge is 0.410 e. The number of aryl methyl sites for hydroxylation is 1. The molecule has 0 radical (unpaired) electrons. The zero-order valence-electron chi connectivity index (χ0n) is 16.0. The van der Waals surface area contributed by atoms with E-state index in [-0.39, 0.29) is 11.8 Å². The lowest BCUT2D eigenvalue weighted by Gasteiger charge is -2.33. The Bertz CT molecular complexity index is 721. The van der Waals surface area contributed by atoms with Gasteiger partial charge in [-0.3, -0.25) is 9.59 Å². The molecule has 144 valence electrons. The number of carbonyl (C=O) groups is 3. The Kier molecular flexibility index (Phi) is 5.95. The van der Waals surface area contributed by atoms with Gasteiger partial charge < -0.3 is 20.7 Å². The first kappa shape index (κ1) is 20.2. The van der Waals surface area contributed by atoms with Crippen molar-refractivity contribution in [1.82, 2.24) is 4.90 Å². The van der Waals surface area contributed by atoms with Crippen LogP contribution in [-0.2, 0) is 9.53 Å². The number of anilines is 1. The summed E-state index contributed by atoms with van der Waals surface area (Å²) in [6.45, 7) is 10.0. The highest BCUT2D eigenvalue weighted by Crippen LogP contribution is 2.33. The largest absolute Gasteiger partial charge is 0.444 e. The number of nitrogens with one attached hydrogen (secondary N) is 1. The van der Waals surface area contributed by atoms with Crippen molar-refractivity contribution >= 4 is 34.2 Å². The lowest BCUT2D eigenvalue weighted by atomic mass is 9.97. The summed E-state index contributed by atoms with van der Waals surface area (Å²) in [5, 5.41) is 3.31. The number of nitrogens with two attached hydrogens (primary N) is 1. The summed E-state index contributed by atoms with van der Waals surface area (Å²) in [5.74, 6) is -1.11. The quantitative estimate of drug-likeness (QED) is 0.840. The molecule has 1 unspecified atom stereocenters. The monoisotopic (exact) mass is 381 g/mol.